The number of hydrogen-bond acceptors (Lipinski definition) is 9. The molecule has 11 nitrogen and oxygen atoms in total. The van der Waals surface area contributed by atoms with E-state index in [4.69, 9.17) is 10.1 Å². The lowest BCUT2D eigenvalue weighted by Crippen LogP contribution is -2.43. The van der Waals surface area contributed by atoms with Gasteiger partial charge in [0.2, 0.25) is 5.91 Å². The first-order chi connectivity index (χ1) is 18.5. The van der Waals surface area contributed by atoms with E-state index in [9.17, 15) is 9.59 Å². The van der Waals surface area contributed by atoms with Crippen molar-refractivity contribution in [3.05, 3.63) is 84.4 Å². The fourth-order valence-corrected chi connectivity index (χ4v) is 4.11. The van der Waals surface area contributed by atoms with Gasteiger partial charge in [0.15, 0.2) is 0 Å². The van der Waals surface area contributed by atoms with Crippen LogP contribution in [0.2, 0.25) is 0 Å². The van der Waals surface area contributed by atoms with E-state index in [1.165, 1.54) is 12.1 Å². The van der Waals surface area contributed by atoms with Crippen molar-refractivity contribution in [3.8, 4) is 11.3 Å². The molecule has 1 saturated heterocycles. The van der Waals surface area contributed by atoms with Gasteiger partial charge in [0, 0.05) is 62.1 Å². The van der Waals surface area contributed by atoms with Crippen LogP contribution in [0.1, 0.15) is 15.9 Å². The second kappa shape index (κ2) is 11.4. The summed E-state index contributed by atoms with van der Waals surface area (Å²) in [6.45, 7) is 3.54. The van der Waals surface area contributed by atoms with Gasteiger partial charge in [0.1, 0.15) is 17.5 Å². The van der Waals surface area contributed by atoms with Gasteiger partial charge in [-0.3, -0.25) is 9.78 Å². The molecule has 1 aromatic carbocycles. The Morgan fingerprint density at radius 2 is 1.76 bits per heavy atom. The van der Waals surface area contributed by atoms with E-state index in [-0.39, 0.29) is 17.9 Å². The summed E-state index contributed by atoms with van der Waals surface area (Å²) in [4.78, 5) is 43.8. The lowest BCUT2D eigenvalue weighted by Gasteiger charge is -2.28. The van der Waals surface area contributed by atoms with Crippen molar-refractivity contribution < 1.29 is 14.7 Å². The smallest absolute Gasteiger partial charge is 0.335 e. The van der Waals surface area contributed by atoms with Crippen molar-refractivity contribution in [2.75, 3.05) is 41.7 Å². The number of hydrogen-bond donors (Lipinski definition) is 4. The van der Waals surface area contributed by atoms with Crippen LogP contribution in [0.4, 0.5) is 23.1 Å². The maximum atomic E-state index is 12.9. The fourth-order valence-electron chi connectivity index (χ4n) is 4.11. The summed E-state index contributed by atoms with van der Waals surface area (Å²) < 4.78 is 0. The predicted molar refractivity (Wildman–Crippen MR) is 144 cm³/mol. The number of pyridine rings is 2. The monoisotopic (exact) mass is 510 g/mol. The van der Waals surface area contributed by atoms with Gasteiger partial charge in [-0.1, -0.05) is 12.1 Å². The molecule has 1 amide bonds. The van der Waals surface area contributed by atoms with E-state index in [1.54, 1.807) is 43.0 Å². The molecular formula is C27H26N8O3. The number of nitrogens with zero attached hydrogens (tertiary/aromatic N) is 5. The average Bonchev–Trinajstić information content (AvgIpc) is 2.94. The topological polar surface area (TPSA) is 145 Å². The van der Waals surface area contributed by atoms with Gasteiger partial charge in [-0.05, 0) is 35.9 Å². The fraction of sp³-hybridized carbons (Fsp3) is 0.185. The minimum atomic E-state index is -1.01. The van der Waals surface area contributed by atoms with Gasteiger partial charge < -0.3 is 26.0 Å². The number of amides is 1. The van der Waals surface area contributed by atoms with Crippen LogP contribution >= 0.6 is 0 Å². The van der Waals surface area contributed by atoms with E-state index in [1.807, 2.05) is 18.2 Å². The Labute approximate surface area is 219 Å². The quantitative estimate of drug-likeness (QED) is 0.279. The largest absolute Gasteiger partial charge is 0.478 e. The van der Waals surface area contributed by atoms with E-state index in [2.05, 4.69) is 35.8 Å². The van der Waals surface area contributed by atoms with Crippen LogP contribution in [-0.4, -0.2) is 63.1 Å². The van der Waals surface area contributed by atoms with Gasteiger partial charge in [0.05, 0.1) is 23.9 Å². The van der Waals surface area contributed by atoms with Crippen LogP contribution in [0.5, 0.6) is 0 Å². The van der Waals surface area contributed by atoms with Crippen LogP contribution in [0.3, 0.4) is 0 Å². The molecule has 0 aliphatic carbocycles. The molecule has 38 heavy (non-hydrogen) atoms. The molecule has 1 aliphatic rings. The highest BCUT2D eigenvalue weighted by molar-refractivity contribution is 5.94. The molecule has 3 aromatic heterocycles. The van der Waals surface area contributed by atoms with Crippen LogP contribution in [-0.2, 0) is 11.2 Å². The number of carbonyl (C=O) groups is 2. The molecule has 0 saturated carbocycles. The number of benzene rings is 1. The van der Waals surface area contributed by atoms with Crippen molar-refractivity contribution in [2.45, 2.75) is 6.42 Å². The van der Waals surface area contributed by atoms with E-state index in [0.29, 0.717) is 28.6 Å². The highest BCUT2D eigenvalue weighted by Gasteiger charge is 2.15. The molecule has 4 N–H and O–H groups in total. The normalized spacial score (nSPS) is 13.1. The van der Waals surface area contributed by atoms with Gasteiger partial charge in [0.25, 0.3) is 0 Å². The molecule has 192 valence electrons. The Kier molecular flexibility index (Phi) is 7.46. The standard InChI is InChI=1S/C27H26N8O3/c36-26(13-18-1-3-19(4-2-18)27(37)38)32-21-15-22(33-23(16-21)34-24-17-29-7-8-30-24)20-5-6-31-25(14-20)35-11-9-28-10-12-35/h1-8,14-17,28H,9-13H2,(H,37,38)(H2,30,32,33,34,36). The van der Waals surface area contributed by atoms with Crippen LogP contribution < -0.4 is 20.9 Å². The summed E-state index contributed by atoms with van der Waals surface area (Å²) in [5.41, 5.74) is 2.93. The maximum Gasteiger partial charge on any atom is 0.335 e. The third-order valence-corrected chi connectivity index (χ3v) is 5.98. The van der Waals surface area contributed by atoms with Gasteiger partial charge in [-0.25, -0.2) is 19.7 Å². The van der Waals surface area contributed by atoms with Crippen molar-refractivity contribution in [2.24, 2.45) is 0 Å². The number of piperazine rings is 1. The first-order valence-corrected chi connectivity index (χ1v) is 12.1. The second-order valence-corrected chi connectivity index (χ2v) is 8.71. The Morgan fingerprint density at radius 1 is 0.947 bits per heavy atom. The molecule has 0 bridgehead atoms. The Bertz CT molecular complexity index is 1420. The first kappa shape index (κ1) is 24.8. The zero-order chi connectivity index (χ0) is 26.3. The van der Waals surface area contributed by atoms with E-state index >= 15 is 0 Å². The summed E-state index contributed by atoms with van der Waals surface area (Å²) >= 11 is 0. The van der Waals surface area contributed by atoms with Crippen LogP contribution in [0.15, 0.2) is 73.3 Å². The number of carbonyl (C=O) groups excluding carboxylic acids is 1. The highest BCUT2D eigenvalue weighted by atomic mass is 16.4. The molecule has 4 heterocycles. The number of aromatic nitrogens is 4. The van der Waals surface area contributed by atoms with Gasteiger partial charge in [-0.2, -0.15) is 0 Å². The number of carboxylic acids is 1. The van der Waals surface area contributed by atoms with Crippen LogP contribution in [0, 0.1) is 0 Å². The number of aromatic carboxylic acids is 1. The summed E-state index contributed by atoms with van der Waals surface area (Å²) in [5.74, 6) is 0.624. The number of carboxylic acid groups (broad SMARTS) is 1. The van der Waals surface area contributed by atoms with Crippen molar-refractivity contribution in [3.63, 3.8) is 0 Å². The summed E-state index contributed by atoms with van der Waals surface area (Å²) in [6.07, 6.45) is 6.59. The predicted octanol–water partition coefficient (Wildman–Crippen LogP) is 2.97. The summed E-state index contributed by atoms with van der Waals surface area (Å²) in [5, 5.41) is 18.5. The lowest BCUT2D eigenvalue weighted by atomic mass is 10.1. The van der Waals surface area contributed by atoms with Crippen molar-refractivity contribution >= 4 is 35.0 Å². The second-order valence-electron chi connectivity index (χ2n) is 8.71. The zero-order valence-corrected chi connectivity index (χ0v) is 20.5. The van der Waals surface area contributed by atoms with Crippen molar-refractivity contribution in [1.82, 2.24) is 25.3 Å². The SMILES string of the molecule is O=C(Cc1ccc(C(=O)O)cc1)Nc1cc(Nc2cnccn2)nc(-c2ccnc(N3CCNCC3)c2)c1. The van der Waals surface area contributed by atoms with Gasteiger partial charge in [-0.15, -0.1) is 0 Å². The maximum absolute atomic E-state index is 12.9. The molecule has 0 radical (unpaired) electrons. The minimum absolute atomic E-state index is 0.0902. The molecule has 11 heteroatoms. The number of anilines is 4. The number of rotatable bonds is 8. The third kappa shape index (κ3) is 6.26. The molecule has 1 fully saturated rings. The molecule has 1 aliphatic heterocycles. The average molecular weight is 511 g/mol. The molecule has 0 spiro atoms. The third-order valence-electron chi connectivity index (χ3n) is 5.98. The Hall–Kier alpha value is -4.90. The highest BCUT2D eigenvalue weighted by Crippen LogP contribution is 2.27. The molecule has 5 rings (SSSR count). The van der Waals surface area contributed by atoms with Crippen molar-refractivity contribution in [1.29, 1.82) is 0 Å². The summed E-state index contributed by atoms with van der Waals surface area (Å²) in [6, 6.07) is 13.7. The molecule has 0 unspecified atom stereocenters. The van der Waals surface area contributed by atoms with E-state index in [0.717, 1.165) is 37.6 Å². The Morgan fingerprint density at radius 3 is 2.50 bits per heavy atom. The molecule has 4 aromatic rings. The molecule has 0 atom stereocenters. The van der Waals surface area contributed by atoms with Crippen LogP contribution in [0.25, 0.3) is 11.3 Å². The zero-order valence-electron chi connectivity index (χ0n) is 20.5. The minimum Gasteiger partial charge on any atom is -0.478 e. The Balaban J connectivity index is 1.41. The summed E-state index contributed by atoms with van der Waals surface area (Å²) in [7, 11) is 0. The van der Waals surface area contributed by atoms with E-state index < -0.39 is 5.97 Å². The lowest BCUT2D eigenvalue weighted by molar-refractivity contribution is -0.115. The molecular weight excluding hydrogens is 484 g/mol. The number of nitrogens with one attached hydrogen (secondary N) is 3. The van der Waals surface area contributed by atoms with Gasteiger partial charge >= 0.3 is 5.97 Å². The first-order valence-electron chi connectivity index (χ1n) is 12.1.